The van der Waals surface area contributed by atoms with Crippen molar-refractivity contribution in [2.24, 2.45) is 0 Å². The van der Waals surface area contributed by atoms with Gasteiger partial charge in [0.2, 0.25) is 0 Å². The quantitative estimate of drug-likeness (QED) is 0.805. The topological polar surface area (TPSA) is 94.0 Å². The first-order chi connectivity index (χ1) is 14.4. The van der Waals surface area contributed by atoms with Crippen LogP contribution in [0.2, 0.25) is 0 Å². The zero-order chi connectivity index (χ0) is 21.5. The Hall–Kier alpha value is -3.11. The van der Waals surface area contributed by atoms with Crippen LogP contribution < -0.4 is 5.56 Å². The average molecular weight is 422 g/mol. The second-order valence-electron chi connectivity index (χ2n) is 7.74. The van der Waals surface area contributed by atoms with Gasteiger partial charge in [0.1, 0.15) is 0 Å². The lowest BCUT2D eigenvalue weighted by molar-refractivity contribution is 0.507. The number of nitrogens with one attached hydrogen (secondary N) is 1. The van der Waals surface area contributed by atoms with Crippen molar-refractivity contribution in [1.82, 2.24) is 9.29 Å². The van der Waals surface area contributed by atoms with E-state index in [1.54, 1.807) is 37.4 Å². The smallest absolute Gasteiger partial charge is 0.264 e. The lowest BCUT2D eigenvalue weighted by atomic mass is 10.00. The minimum atomic E-state index is -3.91. The van der Waals surface area contributed by atoms with E-state index >= 15 is 0 Å². The summed E-state index contributed by atoms with van der Waals surface area (Å²) in [5.74, 6) is 0. The minimum absolute atomic E-state index is 0.121. The van der Waals surface area contributed by atoms with E-state index in [-0.39, 0.29) is 10.5 Å². The predicted octanol–water partition coefficient (Wildman–Crippen LogP) is 4.07. The van der Waals surface area contributed by atoms with Gasteiger partial charge in [-0.25, -0.2) is 8.42 Å². The van der Waals surface area contributed by atoms with Gasteiger partial charge in [0, 0.05) is 23.5 Å². The van der Waals surface area contributed by atoms with E-state index in [0.717, 1.165) is 24.0 Å². The molecule has 0 bridgehead atoms. The molecule has 154 valence electrons. The second kappa shape index (κ2) is 7.62. The van der Waals surface area contributed by atoms with Crippen LogP contribution in [0.15, 0.2) is 68.7 Å². The molecule has 0 saturated heterocycles. The van der Waals surface area contributed by atoms with Gasteiger partial charge in [-0.2, -0.15) is 5.26 Å². The molecule has 0 unspecified atom stereocenters. The van der Waals surface area contributed by atoms with Crippen LogP contribution in [-0.2, 0) is 10.0 Å². The van der Waals surface area contributed by atoms with Gasteiger partial charge < -0.3 is 4.98 Å². The molecule has 2 aromatic rings. The van der Waals surface area contributed by atoms with Crippen LogP contribution in [0.25, 0.3) is 10.8 Å². The Bertz CT molecular complexity index is 1340. The summed E-state index contributed by atoms with van der Waals surface area (Å²) in [6, 6.07) is 6.97. The Balaban J connectivity index is 1.87. The first-order valence-electron chi connectivity index (χ1n) is 10.0. The largest absolute Gasteiger partial charge is 0.328 e. The number of aromatic nitrogens is 1. The van der Waals surface area contributed by atoms with Crippen LogP contribution in [0.4, 0.5) is 0 Å². The number of H-pyrrole nitrogens is 1. The summed E-state index contributed by atoms with van der Waals surface area (Å²) < 4.78 is 28.9. The van der Waals surface area contributed by atoms with Crippen molar-refractivity contribution >= 4 is 20.8 Å². The van der Waals surface area contributed by atoms with Crippen LogP contribution >= 0.6 is 0 Å². The van der Waals surface area contributed by atoms with Crippen molar-refractivity contribution in [3.63, 3.8) is 0 Å². The van der Waals surface area contributed by atoms with Gasteiger partial charge in [-0.1, -0.05) is 25.0 Å². The third-order valence-corrected chi connectivity index (χ3v) is 7.55. The van der Waals surface area contributed by atoms with Gasteiger partial charge in [0.25, 0.3) is 15.6 Å². The molecular weight excluding hydrogens is 398 g/mol. The second-order valence-corrected chi connectivity index (χ2v) is 9.57. The van der Waals surface area contributed by atoms with Crippen molar-refractivity contribution in [3.05, 3.63) is 74.9 Å². The maximum absolute atomic E-state index is 13.7. The minimum Gasteiger partial charge on any atom is -0.328 e. The molecule has 0 atom stereocenters. The first-order valence-corrected chi connectivity index (χ1v) is 11.5. The fourth-order valence-electron chi connectivity index (χ4n) is 4.33. The Morgan fingerprint density at radius 2 is 2.07 bits per heavy atom. The Kier molecular flexibility index (Phi) is 5.12. The molecule has 0 amide bonds. The molecule has 2 heterocycles. The van der Waals surface area contributed by atoms with Crippen LogP contribution in [-0.4, -0.2) is 24.3 Å². The van der Waals surface area contributed by atoms with Crippen molar-refractivity contribution < 1.29 is 8.42 Å². The van der Waals surface area contributed by atoms with Gasteiger partial charge in [0.15, 0.2) is 0 Å². The van der Waals surface area contributed by atoms with Crippen molar-refractivity contribution in [3.8, 4) is 6.07 Å². The number of hydrogen-bond acceptors (Lipinski definition) is 4. The number of nitriles is 1. The van der Waals surface area contributed by atoms with E-state index in [2.05, 4.69) is 18.0 Å². The summed E-state index contributed by atoms with van der Waals surface area (Å²) in [5.41, 5.74) is 3.63. The summed E-state index contributed by atoms with van der Waals surface area (Å²) in [6.07, 6.45) is 8.29. The maximum Gasteiger partial charge on any atom is 0.264 e. The SMILES string of the molecule is CCCC1=CC(C#N)=CC2=C(CCN2S(=O)(=O)c2cccc3c(=O)[nH]cc(C)c23)C1. The standard InChI is InChI=1S/C23H23N3O3S/c1-3-5-16-10-17(13-24)12-20-18(11-16)8-9-26(20)30(28,29)21-7-4-6-19-22(21)15(2)14-25-23(19)27/h4,6-7,10,12,14H,3,5,8-9,11H2,1-2H3,(H,25,27). The molecule has 7 heteroatoms. The fraction of sp³-hybridized carbons (Fsp3) is 0.304. The highest BCUT2D eigenvalue weighted by Crippen LogP contribution is 2.38. The molecule has 1 aliphatic carbocycles. The number of aryl methyl sites for hydroxylation is 1. The molecule has 1 aliphatic heterocycles. The number of pyridine rings is 1. The lowest BCUT2D eigenvalue weighted by Crippen LogP contribution is -2.28. The number of rotatable bonds is 4. The van der Waals surface area contributed by atoms with Crippen LogP contribution in [0.5, 0.6) is 0 Å². The Labute approximate surface area is 175 Å². The van der Waals surface area contributed by atoms with Gasteiger partial charge in [-0.3, -0.25) is 9.10 Å². The van der Waals surface area contributed by atoms with Gasteiger partial charge in [0.05, 0.1) is 22.2 Å². The fourth-order valence-corrected chi connectivity index (χ4v) is 6.12. The van der Waals surface area contributed by atoms with Gasteiger partial charge >= 0.3 is 0 Å². The molecule has 2 aliphatic rings. The summed E-state index contributed by atoms with van der Waals surface area (Å²) >= 11 is 0. The highest BCUT2D eigenvalue weighted by Gasteiger charge is 2.34. The molecule has 6 nitrogen and oxygen atoms in total. The molecule has 1 aromatic carbocycles. The van der Waals surface area contributed by atoms with Crippen molar-refractivity contribution in [1.29, 1.82) is 5.26 Å². The molecule has 4 rings (SSSR count). The average Bonchev–Trinajstić information content (AvgIpc) is 3.04. The monoisotopic (exact) mass is 421 g/mol. The van der Waals surface area contributed by atoms with E-state index in [1.165, 1.54) is 4.31 Å². The predicted molar refractivity (Wildman–Crippen MR) is 116 cm³/mol. The molecule has 1 N–H and O–H groups in total. The number of sulfonamides is 1. The Morgan fingerprint density at radius 1 is 1.27 bits per heavy atom. The van der Waals surface area contributed by atoms with Crippen LogP contribution in [0, 0.1) is 18.3 Å². The number of hydrogen-bond donors (Lipinski definition) is 1. The van der Waals surface area contributed by atoms with Crippen molar-refractivity contribution in [2.75, 3.05) is 6.54 Å². The first kappa shape index (κ1) is 20.2. The lowest BCUT2D eigenvalue weighted by Gasteiger charge is -2.22. The highest BCUT2D eigenvalue weighted by molar-refractivity contribution is 7.89. The van der Waals surface area contributed by atoms with Crippen molar-refractivity contribution in [2.45, 2.75) is 44.4 Å². The maximum atomic E-state index is 13.7. The van der Waals surface area contributed by atoms with E-state index in [9.17, 15) is 18.5 Å². The third kappa shape index (κ3) is 3.27. The number of fused-ring (bicyclic) bond motifs is 1. The highest BCUT2D eigenvalue weighted by atomic mass is 32.2. The van der Waals surface area contributed by atoms with E-state index in [0.29, 0.717) is 47.0 Å². The van der Waals surface area contributed by atoms with Gasteiger partial charge in [-0.15, -0.1) is 0 Å². The zero-order valence-electron chi connectivity index (χ0n) is 17.0. The number of allylic oxidation sites excluding steroid dienone is 4. The van der Waals surface area contributed by atoms with Crippen LogP contribution in [0.3, 0.4) is 0 Å². The van der Waals surface area contributed by atoms with E-state index < -0.39 is 10.0 Å². The molecule has 0 fully saturated rings. The Morgan fingerprint density at radius 3 is 2.80 bits per heavy atom. The third-order valence-electron chi connectivity index (χ3n) is 5.69. The number of benzene rings is 1. The summed E-state index contributed by atoms with van der Waals surface area (Å²) in [7, 11) is -3.91. The zero-order valence-corrected chi connectivity index (χ0v) is 17.8. The molecular formula is C23H23N3O3S. The van der Waals surface area contributed by atoms with E-state index in [4.69, 9.17) is 0 Å². The normalized spacial score (nSPS) is 16.8. The molecule has 1 aromatic heterocycles. The summed E-state index contributed by atoms with van der Waals surface area (Å²) in [4.78, 5) is 15.0. The van der Waals surface area contributed by atoms with Gasteiger partial charge in [-0.05, 0) is 61.6 Å². The summed E-state index contributed by atoms with van der Waals surface area (Å²) in [5, 5.41) is 10.3. The van der Waals surface area contributed by atoms with Crippen LogP contribution in [0.1, 0.15) is 38.2 Å². The molecule has 0 spiro atoms. The molecule has 0 radical (unpaired) electrons. The summed E-state index contributed by atoms with van der Waals surface area (Å²) in [6.45, 7) is 4.21. The van der Waals surface area contributed by atoms with E-state index in [1.807, 2.05) is 6.08 Å². The molecule has 0 saturated carbocycles. The molecule has 30 heavy (non-hydrogen) atoms. The number of nitrogens with zero attached hydrogens (tertiary/aromatic N) is 2. The number of aromatic amines is 1.